The molecule has 2 amide bonds. The molecule has 0 fully saturated rings. The van der Waals surface area contributed by atoms with Gasteiger partial charge in [0.1, 0.15) is 0 Å². The van der Waals surface area contributed by atoms with Crippen LogP contribution < -0.4 is 10.6 Å². The first-order valence-corrected chi connectivity index (χ1v) is 7.31. The highest BCUT2D eigenvalue weighted by Crippen LogP contribution is 2.30. The van der Waals surface area contributed by atoms with Gasteiger partial charge in [0, 0.05) is 16.4 Å². The van der Waals surface area contributed by atoms with E-state index in [1.165, 1.54) is 18.3 Å². The van der Waals surface area contributed by atoms with Crippen molar-refractivity contribution < 1.29 is 18.0 Å². The Morgan fingerprint density at radius 2 is 1.83 bits per heavy atom. The fourth-order valence-electron chi connectivity index (χ4n) is 1.76. The molecule has 2 aromatic carbocycles. The summed E-state index contributed by atoms with van der Waals surface area (Å²) < 4.78 is 38.7. The highest BCUT2D eigenvalue weighted by Gasteiger charge is 2.30. The maximum Gasteiger partial charge on any atom is 0.416 e. The van der Waals surface area contributed by atoms with Crippen molar-refractivity contribution >= 4 is 33.7 Å². The minimum absolute atomic E-state index is 0.0631. The van der Waals surface area contributed by atoms with E-state index in [1.54, 1.807) is 6.08 Å². The summed E-state index contributed by atoms with van der Waals surface area (Å²) in [6.45, 7) is 0. The highest BCUT2D eigenvalue weighted by atomic mass is 79.9. The molecule has 0 radical (unpaired) electrons. The van der Waals surface area contributed by atoms with Crippen LogP contribution in [0.15, 0.2) is 59.2 Å². The molecular formula is C16H12BrF3N2O. The number of carbonyl (C=O) groups excluding carboxylic acids is 1. The number of rotatable bonds is 3. The first kappa shape index (κ1) is 17.1. The third-order valence-corrected chi connectivity index (χ3v) is 3.28. The lowest BCUT2D eigenvalue weighted by atomic mass is 10.2. The van der Waals surface area contributed by atoms with Gasteiger partial charge in [-0.15, -0.1) is 0 Å². The Bertz CT molecular complexity index is 729. The van der Waals surface area contributed by atoms with E-state index in [2.05, 4.69) is 26.6 Å². The normalized spacial score (nSPS) is 11.5. The van der Waals surface area contributed by atoms with E-state index in [4.69, 9.17) is 0 Å². The number of nitrogens with one attached hydrogen (secondary N) is 2. The lowest BCUT2D eigenvalue weighted by Crippen LogP contribution is -2.23. The second-order valence-electron chi connectivity index (χ2n) is 4.57. The Hall–Kier alpha value is -2.28. The molecule has 0 spiro atoms. The molecule has 0 atom stereocenters. The van der Waals surface area contributed by atoms with E-state index in [0.29, 0.717) is 0 Å². The summed E-state index contributed by atoms with van der Waals surface area (Å²) in [5, 5.41) is 4.77. The molecule has 2 aromatic rings. The minimum Gasteiger partial charge on any atom is -0.314 e. The molecule has 0 bridgehead atoms. The first-order chi connectivity index (χ1) is 10.8. The Morgan fingerprint density at radius 1 is 1.09 bits per heavy atom. The van der Waals surface area contributed by atoms with Gasteiger partial charge in [-0.05, 0) is 42.0 Å². The van der Waals surface area contributed by atoms with Crippen LogP contribution in [0.3, 0.4) is 0 Å². The average Bonchev–Trinajstić information content (AvgIpc) is 2.46. The Morgan fingerprint density at radius 3 is 2.52 bits per heavy atom. The number of alkyl halides is 3. The van der Waals surface area contributed by atoms with Crippen LogP contribution in [-0.4, -0.2) is 6.03 Å². The molecular weight excluding hydrogens is 373 g/mol. The van der Waals surface area contributed by atoms with E-state index in [-0.39, 0.29) is 5.69 Å². The molecule has 0 aliphatic carbocycles. The lowest BCUT2D eigenvalue weighted by molar-refractivity contribution is -0.137. The first-order valence-electron chi connectivity index (χ1n) is 6.51. The van der Waals surface area contributed by atoms with Crippen molar-refractivity contribution in [2.24, 2.45) is 0 Å². The third-order valence-electron chi connectivity index (χ3n) is 2.79. The molecule has 0 aromatic heterocycles. The summed E-state index contributed by atoms with van der Waals surface area (Å²) in [5.74, 6) is 0. The Kier molecular flexibility index (Phi) is 5.44. The second kappa shape index (κ2) is 7.32. The zero-order chi connectivity index (χ0) is 16.9. The van der Waals surface area contributed by atoms with Crippen molar-refractivity contribution in [2.75, 3.05) is 5.32 Å². The summed E-state index contributed by atoms with van der Waals surface area (Å²) in [5.41, 5.74) is 0.104. The predicted molar refractivity (Wildman–Crippen MR) is 86.8 cm³/mol. The van der Waals surface area contributed by atoms with Gasteiger partial charge in [-0.2, -0.15) is 13.2 Å². The number of hydrogen-bond donors (Lipinski definition) is 2. The van der Waals surface area contributed by atoms with E-state index >= 15 is 0 Å². The predicted octanol–water partition coefficient (Wildman–Crippen LogP) is 5.26. The fraction of sp³-hybridized carbons (Fsp3) is 0.0625. The van der Waals surface area contributed by atoms with Gasteiger partial charge in [0.2, 0.25) is 0 Å². The standard InChI is InChI=1S/C16H12BrF3N2O/c17-13-5-1-3-11(9-13)7-8-21-15(23)22-14-6-2-4-12(10-14)16(18,19)20/h1-10H,(H2,21,22,23)/b8-7+. The molecule has 0 unspecified atom stereocenters. The lowest BCUT2D eigenvalue weighted by Gasteiger charge is -2.09. The van der Waals surface area contributed by atoms with E-state index in [0.717, 1.165) is 22.2 Å². The van der Waals surface area contributed by atoms with Crippen LogP contribution in [-0.2, 0) is 6.18 Å². The maximum atomic E-state index is 12.6. The monoisotopic (exact) mass is 384 g/mol. The largest absolute Gasteiger partial charge is 0.416 e. The van der Waals surface area contributed by atoms with Crippen molar-refractivity contribution in [3.8, 4) is 0 Å². The molecule has 0 heterocycles. The van der Waals surface area contributed by atoms with Crippen molar-refractivity contribution in [3.05, 3.63) is 70.3 Å². The van der Waals surface area contributed by atoms with Crippen LogP contribution in [0.4, 0.5) is 23.7 Å². The quantitative estimate of drug-likeness (QED) is 0.744. The molecule has 23 heavy (non-hydrogen) atoms. The highest BCUT2D eigenvalue weighted by molar-refractivity contribution is 9.10. The van der Waals surface area contributed by atoms with Crippen molar-refractivity contribution in [3.63, 3.8) is 0 Å². The molecule has 0 aliphatic rings. The van der Waals surface area contributed by atoms with E-state index in [9.17, 15) is 18.0 Å². The zero-order valence-corrected chi connectivity index (χ0v) is 13.3. The average molecular weight is 385 g/mol. The van der Waals surface area contributed by atoms with Crippen LogP contribution >= 0.6 is 15.9 Å². The SMILES string of the molecule is O=C(N/C=C/c1cccc(Br)c1)Nc1cccc(C(F)(F)F)c1. The zero-order valence-electron chi connectivity index (χ0n) is 11.7. The molecule has 3 nitrogen and oxygen atoms in total. The van der Waals surface area contributed by atoms with Gasteiger partial charge in [0.15, 0.2) is 0 Å². The van der Waals surface area contributed by atoms with Gasteiger partial charge in [-0.25, -0.2) is 4.79 Å². The van der Waals surface area contributed by atoms with Crippen LogP contribution in [0.25, 0.3) is 6.08 Å². The number of halogens is 4. The molecule has 0 aliphatic heterocycles. The molecule has 7 heteroatoms. The van der Waals surface area contributed by atoms with Gasteiger partial charge in [0.25, 0.3) is 0 Å². The van der Waals surface area contributed by atoms with Crippen molar-refractivity contribution in [1.82, 2.24) is 5.32 Å². The van der Waals surface area contributed by atoms with Crippen molar-refractivity contribution in [1.29, 1.82) is 0 Å². The number of hydrogen-bond acceptors (Lipinski definition) is 1. The Balaban J connectivity index is 1.95. The molecule has 2 rings (SSSR count). The molecule has 2 N–H and O–H groups in total. The van der Waals surface area contributed by atoms with Gasteiger partial charge in [0.05, 0.1) is 5.56 Å². The summed E-state index contributed by atoms with van der Waals surface area (Å²) in [6.07, 6.45) is -1.38. The molecule has 120 valence electrons. The van der Waals surface area contributed by atoms with E-state index < -0.39 is 17.8 Å². The van der Waals surface area contributed by atoms with Crippen LogP contribution in [0.2, 0.25) is 0 Å². The minimum atomic E-state index is -4.45. The second-order valence-corrected chi connectivity index (χ2v) is 5.48. The van der Waals surface area contributed by atoms with E-state index in [1.807, 2.05) is 24.3 Å². The van der Waals surface area contributed by atoms with Crippen LogP contribution in [0, 0.1) is 0 Å². The third kappa shape index (κ3) is 5.45. The van der Waals surface area contributed by atoms with Gasteiger partial charge in [-0.1, -0.05) is 34.1 Å². The topological polar surface area (TPSA) is 41.1 Å². The van der Waals surface area contributed by atoms with Crippen LogP contribution in [0.1, 0.15) is 11.1 Å². The van der Waals surface area contributed by atoms with Crippen molar-refractivity contribution in [2.45, 2.75) is 6.18 Å². The summed E-state index contributed by atoms with van der Waals surface area (Å²) in [7, 11) is 0. The number of carbonyl (C=O) groups is 1. The van der Waals surface area contributed by atoms with Gasteiger partial charge < -0.3 is 10.6 Å². The molecule has 0 saturated heterocycles. The Labute approximate surface area is 139 Å². The fourth-order valence-corrected chi connectivity index (χ4v) is 2.18. The summed E-state index contributed by atoms with van der Waals surface area (Å²) >= 11 is 3.32. The maximum absolute atomic E-state index is 12.6. The summed E-state index contributed by atoms with van der Waals surface area (Å²) in [4.78, 5) is 11.7. The van der Waals surface area contributed by atoms with Gasteiger partial charge >= 0.3 is 12.2 Å². The number of anilines is 1. The number of amides is 2. The number of urea groups is 1. The number of benzene rings is 2. The van der Waals surface area contributed by atoms with Gasteiger partial charge in [-0.3, -0.25) is 0 Å². The molecule has 0 saturated carbocycles. The smallest absolute Gasteiger partial charge is 0.314 e. The van der Waals surface area contributed by atoms with Crippen LogP contribution in [0.5, 0.6) is 0 Å². The summed E-state index contributed by atoms with van der Waals surface area (Å²) in [6, 6.07) is 11.2.